The maximum absolute atomic E-state index is 11.5. The molecule has 4 heteroatoms. The van der Waals surface area contributed by atoms with Crippen LogP contribution in [0.15, 0.2) is 54.6 Å². The zero-order valence-corrected chi connectivity index (χ0v) is 11.7. The summed E-state index contributed by atoms with van der Waals surface area (Å²) in [6.07, 6.45) is 0.684. The number of hydrogen-bond donors (Lipinski definition) is 0. The summed E-state index contributed by atoms with van der Waals surface area (Å²) in [5, 5.41) is 0. The van der Waals surface area contributed by atoms with Crippen LogP contribution in [0.3, 0.4) is 0 Å². The number of hydrogen-bond acceptors (Lipinski definition) is 2. The van der Waals surface area contributed by atoms with Crippen LogP contribution in [0, 0.1) is 0 Å². The van der Waals surface area contributed by atoms with Gasteiger partial charge in [0.05, 0.1) is 5.56 Å². The summed E-state index contributed by atoms with van der Waals surface area (Å²) in [5.41, 5.74) is 2.55. The summed E-state index contributed by atoms with van der Waals surface area (Å²) in [6.45, 7) is 0. The monoisotopic (exact) mass is 297 g/mol. The van der Waals surface area contributed by atoms with E-state index in [1.165, 1.54) is 0 Å². The molecule has 0 heterocycles. The van der Waals surface area contributed by atoms with E-state index >= 15 is 0 Å². The summed E-state index contributed by atoms with van der Waals surface area (Å²) in [4.78, 5) is 11.5. The van der Waals surface area contributed by atoms with Crippen molar-refractivity contribution in [3.05, 3.63) is 71.3 Å². The fraction of sp³-hybridized carbons (Fsp3) is 0.0714. The third-order valence-corrected chi connectivity index (χ3v) is 2.68. The second-order valence-electron chi connectivity index (χ2n) is 3.68. The largest absolute Gasteiger partial charge is 0.356 e. The molecule has 1 radical (unpaired) electrons. The van der Waals surface area contributed by atoms with Crippen molar-refractivity contribution in [1.29, 1.82) is 0 Å². The number of carbonyl (C=O) groups excluding carboxylic acids is 1. The van der Waals surface area contributed by atoms with Crippen molar-refractivity contribution in [3.8, 4) is 0 Å². The van der Waals surface area contributed by atoms with Gasteiger partial charge in [0, 0.05) is 18.6 Å². The molecule has 0 saturated carbocycles. The number of rotatable bonds is 3. The van der Waals surface area contributed by atoms with Crippen LogP contribution in [-0.4, -0.2) is 5.97 Å². The van der Waals surface area contributed by atoms with Gasteiger partial charge in [-0.1, -0.05) is 48.5 Å². The Morgan fingerprint density at radius 3 is 2.28 bits per heavy atom. The average Bonchev–Trinajstić information content (AvgIpc) is 2.40. The van der Waals surface area contributed by atoms with Gasteiger partial charge in [-0.3, -0.25) is 0 Å². The normalized spacial score (nSPS) is 9.39. The molecular weight excluding hydrogens is 287 g/mol. The first-order valence-corrected chi connectivity index (χ1v) is 5.57. The zero-order chi connectivity index (χ0) is 12.1. The molecule has 0 aliphatic carbocycles. The van der Waals surface area contributed by atoms with E-state index in [-0.39, 0.29) is 18.6 Å². The fourth-order valence-electron chi connectivity index (χ4n) is 1.73. The van der Waals surface area contributed by atoms with Gasteiger partial charge in [-0.2, -0.15) is 0 Å². The second kappa shape index (κ2) is 7.27. The average molecular weight is 298 g/mol. The molecule has 0 atom stereocenters. The Balaban J connectivity index is 0.00000162. The van der Waals surface area contributed by atoms with Gasteiger partial charge in [0.25, 0.3) is 0 Å². The van der Waals surface area contributed by atoms with Crippen molar-refractivity contribution in [2.45, 2.75) is 6.42 Å². The van der Waals surface area contributed by atoms with Gasteiger partial charge in [-0.05, 0) is 23.6 Å². The van der Waals surface area contributed by atoms with Crippen LogP contribution in [0.25, 0.3) is 0 Å². The van der Waals surface area contributed by atoms with E-state index in [1.54, 1.807) is 12.1 Å². The maximum atomic E-state index is 11.5. The molecule has 18 heavy (non-hydrogen) atoms. The SMILES string of the molecule is O=C(OCl)c1ccccc1Cc1ccccc1.[V]. The smallest absolute Gasteiger partial charge is 0.343 e. The molecule has 0 aliphatic heterocycles. The minimum atomic E-state index is -0.516. The predicted molar refractivity (Wildman–Crippen MR) is 67.0 cm³/mol. The number of halogens is 1. The van der Waals surface area contributed by atoms with E-state index < -0.39 is 5.97 Å². The third kappa shape index (κ3) is 3.64. The first-order chi connectivity index (χ1) is 8.31. The van der Waals surface area contributed by atoms with Crippen molar-refractivity contribution in [2.75, 3.05) is 0 Å². The van der Waals surface area contributed by atoms with Crippen LogP contribution in [-0.2, 0) is 29.3 Å². The Kier molecular flexibility index (Phi) is 6.00. The summed E-state index contributed by atoms with van der Waals surface area (Å²) in [5.74, 6) is -0.516. The van der Waals surface area contributed by atoms with Crippen molar-refractivity contribution in [2.24, 2.45) is 0 Å². The fourth-order valence-corrected chi connectivity index (χ4v) is 1.81. The van der Waals surface area contributed by atoms with Crippen LogP contribution in [0.1, 0.15) is 21.5 Å². The van der Waals surface area contributed by atoms with E-state index in [4.69, 9.17) is 11.9 Å². The van der Waals surface area contributed by atoms with Gasteiger partial charge in [0.1, 0.15) is 11.9 Å². The van der Waals surface area contributed by atoms with Crippen molar-refractivity contribution in [3.63, 3.8) is 0 Å². The molecule has 91 valence electrons. The van der Waals surface area contributed by atoms with Crippen LogP contribution in [0.5, 0.6) is 0 Å². The van der Waals surface area contributed by atoms with E-state index in [1.807, 2.05) is 42.5 Å². The molecule has 0 spiro atoms. The van der Waals surface area contributed by atoms with Crippen LogP contribution in [0.2, 0.25) is 0 Å². The van der Waals surface area contributed by atoms with Gasteiger partial charge >= 0.3 is 5.97 Å². The maximum Gasteiger partial charge on any atom is 0.356 e. The number of benzene rings is 2. The van der Waals surface area contributed by atoms with Gasteiger partial charge in [0.2, 0.25) is 0 Å². The Bertz CT molecular complexity index is 514. The molecule has 0 bridgehead atoms. The van der Waals surface area contributed by atoms with Crippen LogP contribution < -0.4 is 0 Å². The molecule has 0 aliphatic rings. The predicted octanol–water partition coefficient (Wildman–Crippen LogP) is 3.59. The van der Waals surface area contributed by atoms with Crippen molar-refractivity contribution >= 4 is 17.8 Å². The standard InChI is InChI=1S/C14H11ClO2.V/c15-17-14(16)13-9-5-4-8-12(13)10-11-6-2-1-3-7-11;/h1-9H,10H2;. The third-order valence-electron chi connectivity index (χ3n) is 2.54. The Hall–Kier alpha value is -1.22. The Labute approximate surface area is 123 Å². The molecule has 0 saturated heterocycles. The van der Waals surface area contributed by atoms with Crippen LogP contribution in [0.4, 0.5) is 0 Å². The van der Waals surface area contributed by atoms with E-state index in [0.717, 1.165) is 11.1 Å². The molecule has 2 aromatic carbocycles. The molecule has 2 rings (SSSR count). The Morgan fingerprint density at radius 2 is 1.61 bits per heavy atom. The van der Waals surface area contributed by atoms with Gasteiger partial charge in [-0.25, -0.2) is 4.79 Å². The zero-order valence-electron chi connectivity index (χ0n) is 9.54. The van der Waals surface area contributed by atoms with Gasteiger partial charge in [-0.15, -0.1) is 0 Å². The van der Waals surface area contributed by atoms with Crippen LogP contribution >= 0.6 is 11.9 Å². The van der Waals surface area contributed by atoms with E-state index in [0.29, 0.717) is 12.0 Å². The minimum absolute atomic E-state index is 0. The summed E-state index contributed by atoms with van der Waals surface area (Å²) in [6, 6.07) is 17.2. The molecule has 2 nitrogen and oxygen atoms in total. The van der Waals surface area contributed by atoms with E-state index in [2.05, 4.69) is 4.29 Å². The number of carbonyl (C=O) groups is 1. The molecular formula is C14H11ClO2V. The van der Waals surface area contributed by atoms with Crippen molar-refractivity contribution in [1.82, 2.24) is 0 Å². The summed E-state index contributed by atoms with van der Waals surface area (Å²) < 4.78 is 4.25. The topological polar surface area (TPSA) is 26.3 Å². The van der Waals surface area contributed by atoms with E-state index in [9.17, 15) is 4.79 Å². The van der Waals surface area contributed by atoms with Gasteiger partial charge in [0.15, 0.2) is 0 Å². The van der Waals surface area contributed by atoms with Crippen molar-refractivity contribution < 1.29 is 27.6 Å². The minimum Gasteiger partial charge on any atom is -0.343 e. The van der Waals surface area contributed by atoms with Gasteiger partial charge < -0.3 is 4.29 Å². The molecule has 0 unspecified atom stereocenters. The summed E-state index contributed by atoms with van der Waals surface area (Å²) in [7, 11) is 0. The second-order valence-corrected chi connectivity index (χ2v) is 3.84. The Morgan fingerprint density at radius 1 is 1.00 bits per heavy atom. The molecule has 0 fully saturated rings. The quantitative estimate of drug-likeness (QED) is 0.865. The first kappa shape index (κ1) is 14.8. The molecule has 0 N–H and O–H groups in total. The molecule has 0 amide bonds. The molecule has 0 aromatic heterocycles. The summed E-state index contributed by atoms with van der Waals surface area (Å²) >= 11 is 5.11. The first-order valence-electron chi connectivity index (χ1n) is 5.26. The molecule has 2 aromatic rings.